The Morgan fingerprint density at radius 3 is 2.13 bits per heavy atom. The van der Waals surface area contributed by atoms with Gasteiger partial charge in [-0.3, -0.25) is 0 Å². The maximum atomic E-state index is 11.5. The maximum Gasteiger partial charge on any atom is 0.407 e. The zero-order valence-electron chi connectivity index (χ0n) is 18.1. The van der Waals surface area contributed by atoms with E-state index >= 15 is 0 Å². The highest BCUT2D eigenvalue weighted by molar-refractivity contribution is 6.99. The standard InChI is InChI=1S/C23H30N2O5Si/c1-23(2,3)31(19-10-6-4-7-11-19,20-12-8-5-9-13-20)30-18(16-24-21(26)27)14-17-15-25-22(28)29-17/h4-13,17-18,24H,14-16H2,1-3H3,(H,25,28)(H,26,27). The first-order chi connectivity index (χ1) is 14.7. The number of hydrogen-bond donors (Lipinski definition) is 3. The number of carboxylic acid groups (broad SMARTS) is 1. The lowest BCUT2D eigenvalue weighted by molar-refractivity contribution is 0.0896. The second-order valence-electron chi connectivity index (χ2n) is 8.73. The first kappa shape index (κ1) is 22.8. The molecule has 31 heavy (non-hydrogen) atoms. The largest absolute Gasteiger partial charge is 0.465 e. The zero-order chi connectivity index (χ0) is 22.5. The molecule has 1 aliphatic rings. The minimum absolute atomic E-state index is 0.105. The Labute approximate surface area is 183 Å². The highest BCUT2D eigenvalue weighted by Crippen LogP contribution is 2.38. The summed E-state index contributed by atoms with van der Waals surface area (Å²) in [6.45, 7) is 6.98. The first-order valence-electron chi connectivity index (χ1n) is 10.4. The Bertz CT molecular complexity index is 846. The number of rotatable bonds is 8. The van der Waals surface area contributed by atoms with Gasteiger partial charge in [-0.1, -0.05) is 81.4 Å². The molecule has 8 heteroatoms. The van der Waals surface area contributed by atoms with Crippen molar-refractivity contribution in [1.82, 2.24) is 10.6 Å². The van der Waals surface area contributed by atoms with E-state index in [2.05, 4.69) is 55.7 Å². The number of hydrogen-bond acceptors (Lipinski definition) is 4. The van der Waals surface area contributed by atoms with E-state index in [9.17, 15) is 14.7 Å². The molecule has 0 radical (unpaired) electrons. The number of alkyl carbamates (subject to hydrolysis) is 1. The van der Waals surface area contributed by atoms with E-state index in [0.29, 0.717) is 13.0 Å². The fourth-order valence-electron chi connectivity index (χ4n) is 4.17. The number of ether oxygens (including phenoxy) is 1. The van der Waals surface area contributed by atoms with Crippen LogP contribution in [0.25, 0.3) is 0 Å². The van der Waals surface area contributed by atoms with Gasteiger partial charge in [-0.05, 0) is 15.4 Å². The van der Waals surface area contributed by atoms with Gasteiger partial charge in [0.1, 0.15) is 6.10 Å². The number of amides is 2. The van der Waals surface area contributed by atoms with Crippen LogP contribution in [0, 0.1) is 0 Å². The molecule has 0 aliphatic carbocycles. The molecule has 0 bridgehead atoms. The second kappa shape index (κ2) is 9.53. The van der Waals surface area contributed by atoms with E-state index in [-0.39, 0.29) is 17.7 Å². The van der Waals surface area contributed by atoms with Crippen molar-refractivity contribution in [2.24, 2.45) is 0 Å². The summed E-state index contributed by atoms with van der Waals surface area (Å²) in [5.74, 6) is 0. The number of carbonyl (C=O) groups excluding carboxylic acids is 1. The van der Waals surface area contributed by atoms with Gasteiger partial charge in [0.25, 0.3) is 8.32 Å². The van der Waals surface area contributed by atoms with Crippen molar-refractivity contribution in [3.8, 4) is 0 Å². The van der Waals surface area contributed by atoms with Crippen molar-refractivity contribution in [1.29, 1.82) is 0 Å². The Morgan fingerprint density at radius 2 is 1.71 bits per heavy atom. The van der Waals surface area contributed by atoms with E-state index in [4.69, 9.17) is 9.16 Å². The van der Waals surface area contributed by atoms with Gasteiger partial charge in [0, 0.05) is 13.0 Å². The third-order valence-electron chi connectivity index (χ3n) is 5.51. The average Bonchev–Trinajstić information content (AvgIpc) is 3.15. The molecular formula is C23H30N2O5Si. The molecule has 3 rings (SSSR count). The summed E-state index contributed by atoms with van der Waals surface area (Å²) in [6.07, 6.45) is -2.02. The predicted molar refractivity (Wildman–Crippen MR) is 121 cm³/mol. The van der Waals surface area contributed by atoms with Crippen molar-refractivity contribution < 1.29 is 23.9 Å². The van der Waals surface area contributed by atoms with Crippen LogP contribution in [0.3, 0.4) is 0 Å². The van der Waals surface area contributed by atoms with E-state index in [1.54, 1.807) is 0 Å². The van der Waals surface area contributed by atoms with Crippen molar-refractivity contribution in [3.05, 3.63) is 60.7 Å². The zero-order valence-corrected chi connectivity index (χ0v) is 19.1. The predicted octanol–water partition coefficient (Wildman–Crippen LogP) is 2.70. The third kappa shape index (κ3) is 5.26. The molecule has 0 saturated carbocycles. The minimum Gasteiger partial charge on any atom is -0.465 e. The van der Waals surface area contributed by atoms with Gasteiger partial charge in [0.05, 0.1) is 12.6 Å². The molecule has 3 N–H and O–H groups in total. The van der Waals surface area contributed by atoms with Gasteiger partial charge < -0.3 is 24.9 Å². The van der Waals surface area contributed by atoms with Gasteiger partial charge in [-0.2, -0.15) is 0 Å². The maximum absolute atomic E-state index is 11.5. The fourth-order valence-corrected chi connectivity index (χ4v) is 8.87. The summed E-state index contributed by atoms with van der Waals surface area (Å²) in [6, 6.07) is 20.3. The molecule has 1 fully saturated rings. The Balaban J connectivity index is 2.05. The van der Waals surface area contributed by atoms with Crippen LogP contribution < -0.4 is 21.0 Å². The third-order valence-corrected chi connectivity index (χ3v) is 10.6. The van der Waals surface area contributed by atoms with Crippen LogP contribution in [0.4, 0.5) is 9.59 Å². The summed E-state index contributed by atoms with van der Waals surface area (Å²) in [5.41, 5.74) is 0. The fraction of sp³-hybridized carbons (Fsp3) is 0.391. The lowest BCUT2D eigenvalue weighted by Gasteiger charge is -2.45. The second-order valence-corrected chi connectivity index (χ2v) is 13.0. The van der Waals surface area contributed by atoms with E-state index in [1.807, 2.05) is 36.4 Å². The number of carbonyl (C=O) groups is 2. The van der Waals surface area contributed by atoms with Crippen LogP contribution in [0.2, 0.25) is 5.04 Å². The van der Waals surface area contributed by atoms with E-state index in [0.717, 1.165) is 10.4 Å². The Hall–Kier alpha value is -2.84. The molecule has 2 atom stereocenters. The topological polar surface area (TPSA) is 96.9 Å². The lowest BCUT2D eigenvalue weighted by atomic mass is 10.1. The van der Waals surface area contributed by atoms with Crippen molar-refractivity contribution in [2.75, 3.05) is 13.1 Å². The summed E-state index contributed by atoms with van der Waals surface area (Å²) >= 11 is 0. The molecule has 2 aromatic carbocycles. The summed E-state index contributed by atoms with van der Waals surface area (Å²) in [7, 11) is -2.87. The highest BCUT2D eigenvalue weighted by Gasteiger charge is 2.51. The first-order valence-corrected chi connectivity index (χ1v) is 12.3. The van der Waals surface area contributed by atoms with Crippen LogP contribution in [0.1, 0.15) is 27.2 Å². The van der Waals surface area contributed by atoms with Gasteiger partial charge in [-0.15, -0.1) is 0 Å². The summed E-state index contributed by atoms with van der Waals surface area (Å²) in [5, 5.41) is 16.3. The van der Waals surface area contributed by atoms with Crippen molar-refractivity contribution in [3.63, 3.8) is 0 Å². The Kier molecular flexibility index (Phi) is 7.02. The van der Waals surface area contributed by atoms with Crippen LogP contribution in [-0.4, -0.2) is 50.9 Å². The monoisotopic (exact) mass is 442 g/mol. The van der Waals surface area contributed by atoms with Gasteiger partial charge in [-0.25, -0.2) is 9.59 Å². The smallest absolute Gasteiger partial charge is 0.407 e. The molecule has 1 saturated heterocycles. The molecule has 166 valence electrons. The molecule has 2 unspecified atom stereocenters. The van der Waals surface area contributed by atoms with Gasteiger partial charge >= 0.3 is 12.2 Å². The lowest BCUT2D eigenvalue weighted by Crippen LogP contribution is -2.68. The number of nitrogens with one attached hydrogen (secondary N) is 2. The molecule has 1 aliphatic heterocycles. The number of cyclic esters (lactones) is 1. The molecule has 2 aromatic rings. The summed E-state index contributed by atoms with van der Waals surface area (Å²) in [4.78, 5) is 22.8. The quantitative estimate of drug-likeness (QED) is 0.546. The van der Waals surface area contributed by atoms with Gasteiger partial charge in [0.15, 0.2) is 0 Å². The molecule has 0 spiro atoms. The van der Waals surface area contributed by atoms with Crippen LogP contribution >= 0.6 is 0 Å². The number of benzene rings is 2. The molecule has 1 heterocycles. The molecule has 2 amide bonds. The highest BCUT2D eigenvalue weighted by atomic mass is 28.4. The van der Waals surface area contributed by atoms with Crippen LogP contribution in [0.15, 0.2) is 60.7 Å². The van der Waals surface area contributed by atoms with E-state index < -0.39 is 26.6 Å². The molecule has 0 aromatic heterocycles. The minimum atomic E-state index is -2.87. The van der Waals surface area contributed by atoms with Crippen LogP contribution in [-0.2, 0) is 9.16 Å². The van der Waals surface area contributed by atoms with Crippen molar-refractivity contribution in [2.45, 2.75) is 44.4 Å². The average molecular weight is 443 g/mol. The molecular weight excluding hydrogens is 412 g/mol. The Morgan fingerprint density at radius 1 is 1.16 bits per heavy atom. The van der Waals surface area contributed by atoms with E-state index in [1.165, 1.54) is 0 Å². The SMILES string of the molecule is CC(C)(C)[Si](OC(CNC(=O)O)CC1CNC(=O)O1)(c1ccccc1)c1ccccc1. The van der Waals surface area contributed by atoms with Crippen LogP contribution in [0.5, 0.6) is 0 Å². The normalized spacial score (nSPS) is 17.5. The molecule has 7 nitrogen and oxygen atoms in total. The van der Waals surface area contributed by atoms with Gasteiger partial charge in [0.2, 0.25) is 0 Å². The van der Waals surface area contributed by atoms with Crippen molar-refractivity contribution >= 4 is 30.9 Å². The summed E-state index contributed by atoms with van der Waals surface area (Å²) < 4.78 is 12.3.